The molecule has 0 unspecified atom stereocenters. The number of hydrogen-bond acceptors (Lipinski definition) is 3. The molecule has 55 heavy (non-hydrogen) atoms. The van der Waals surface area contributed by atoms with Gasteiger partial charge in [0.1, 0.15) is 0 Å². The minimum Gasteiger partial charge on any atom is -0.208 e. The Hall–Kier alpha value is -6.97. The minimum absolute atomic E-state index is 0.0754. The van der Waals surface area contributed by atoms with Crippen LogP contribution < -0.4 is 0 Å². The normalized spacial score (nSPS) is 12.7. The number of hydrogen-bond donors (Lipinski definition) is 0. The molecular formula is C52H37N3. The second kappa shape index (κ2) is 13.2. The van der Waals surface area contributed by atoms with E-state index in [0.717, 1.165) is 33.2 Å². The van der Waals surface area contributed by atoms with Gasteiger partial charge in [-0.2, -0.15) is 0 Å². The number of benzene rings is 8. The van der Waals surface area contributed by atoms with Crippen LogP contribution in [0.3, 0.4) is 0 Å². The zero-order valence-corrected chi connectivity index (χ0v) is 30.7. The third-order valence-electron chi connectivity index (χ3n) is 11.2. The third kappa shape index (κ3) is 5.64. The first kappa shape index (κ1) is 32.7. The summed E-state index contributed by atoms with van der Waals surface area (Å²) in [6.07, 6.45) is 0. The Kier molecular flexibility index (Phi) is 7.81. The molecule has 3 heteroatoms. The highest BCUT2D eigenvalue weighted by molar-refractivity contribution is 6.07. The molecule has 3 nitrogen and oxygen atoms in total. The molecule has 10 rings (SSSR count). The fourth-order valence-electron chi connectivity index (χ4n) is 8.36. The lowest BCUT2D eigenvalue weighted by atomic mass is 9.82. The Morgan fingerprint density at radius 2 is 0.691 bits per heavy atom. The summed E-state index contributed by atoms with van der Waals surface area (Å²) < 4.78 is 0. The van der Waals surface area contributed by atoms with Gasteiger partial charge in [0, 0.05) is 22.1 Å². The molecule has 0 aliphatic heterocycles. The Morgan fingerprint density at radius 1 is 0.291 bits per heavy atom. The zero-order chi connectivity index (χ0) is 36.9. The van der Waals surface area contributed by atoms with Crippen molar-refractivity contribution in [1.29, 1.82) is 0 Å². The Labute approximate surface area is 321 Å². The topological polar surface area (TPSA) is 38.7 Å². The van der Waals surface area contributed by atoms with Crippen molar-refractivity contribution in [3.63, 3.8) is 0 Å². The van der Waals surface area contributed by atoms with Gasteiger partial charge in [-0.1, -0.05) is 202 Å². The third-order valence-corrected chi connectivity index (χ3v) is 11.2. The molecule has 9 aromatic rings. The standard InChI is InChI=1S/C52H37N3/c1-52(2)46-24-10-9-18-45(46)48-43(22-13-25-47(48)52)41-20-11-21-42-40(41)19-12-23-44(42)51-54-49(38-30-26-36(27-31-38)34-14-5-3-6-15-34)53-50(55-51)39-32-28-37(29-33-39)35-16-7-4-8-17-35/h3-33H,1-2H3. The average molecular weight is 704 g/mol. The molecule has 0 bridgehead atoms. The summed E-state index contributed by atoms with van der Waals surface area (Å²) in [6.45, 7) is 4.67. The second-order valence-corrected chi connectivity index (χ2v) is 14.8. The molecule has 0 fully saturated rings. The van der Waals surface area contributed by atoms with Gasteiger partial charge in [-0.15, -0.1) is 0 Å². The number of aromatic nitrogens is 3. The van der Waals surface area contributed by atoms with Crippen LogP contribution in [0, 0.1) is 0 Å². The van der Waals surface area contributed by atoms with E-state index in [1.54, 1.807) is 0 Å². The van der Waals surface area contributed by atoms with Crippen molar-refractivity contribution in [2.24, 2.45) is 0 Å². The lowest BCUT2D eigenvalue weighted by Crippen LogP contribution is -2.14. The van der Waals surface area contributed by atoms with Gasteiger partial charge >= 0.3 is 0 Å². The summed E-state index contributed by atoms with van der Waals surface area (Å²) in [6, 6.07) is 66.6. The SMILES string of the molecule is CC1(C)c2ccccc2-c2c(-c3cccc4c(-c5nc(-c6ccc(-c7ccccc7)cc6)nc(-c6ccc(-c7ccccc7)cc6)n5)cccc34)cccc21. The van der Waals surface area contributed by atoms with E-state index >= 15 is 0 Å². The molecule has 0 spiro atoms. The molecule has 0 radical (unpaired) electrons. The van der Waals surface area contributed by atoms with E-state index in [0.29, 0.717) is 17.5 Å². The van der Waals surface area contributed by atoms with Crippen LogP contribution in [0.25, 0.3) is 89.4 Å². The predicted octanol–water partition coefficient (Wildman–Crippen LogP) is 13.3. The Morgan fingerprint density at radius 3 is 1.29 bits per heavy atom. The minimum atomic E-state index is -0.0754. The maximum atomic E-state index is 5.20. The monoisotopic (exact) mass is 703 g/mol. The van der Waals surface area contributed by atoms with Gasteiger partial charge in [-0.05, 0) is 66.4 Å². The van der Waals surface area contributed by atoms with Gasteiger partial charge in [0.15, 0.2) is 17.5 Å². The molecular weight excluding hydrogens is 667 g/mol. The van der Waals surface area contributed by atoms with Crippen molar-refractivity contribution in [1.82, 2.24) is 15.0 Å². The largest absolute Gasteiger partial charge is 0.208 e. The smallest absolute Gasteiger partial charge is 0.164 e. The summed E-state index contributed by atoms with van der Waals surface area (Å²) in [4.78, 5) is 15.5. The molecule has 8 aromatic carbocycles. The van der Waals surface area contributed by atoms with E-state index in [2.05, 4.69) is 190 Å². The van der Waals surface area contributed by atoms with Gasteiger partial charge in [0.05, 0.1) is 0 Å². The van der Waals surface area contributed by atoms with Crippen molar-refractivity contribution in [3.05, 3.63) is 199 Å². The number of rotatable bonds is 6. The summed E-state index contributed by atoms with van der Waals surface area (Å²) in [7, 11) is 0. The molecule has 1 aliphatic rings. The number of fused-ring (bicyclic) bond motifs is 4. The molecule has 1 aromatic heterocycles. The fourth-order valence-corrected chi connectivity index (χ4v) is 8.36. The molecule has 0 N–H and O–H groups in total. The van der Waals surface area contributed by atoms with Gasteiger partial charge in [0.2, 0.25) is 0 Å². The van der Waals surface area contributed by atoms with Crippen LogP contribution in [0.15, 0.2) is 188 Å². The summed E-state index contributed by atoms with van der Waals surface area (Å²) in [5, 5.41) is 2.27. The Bertz CT molecular complexity index is 2760. The first-order valence-electron chi connectivity index (χ1n) is 18.9. The molecule has 0 saturated carbocycles. The van der Waals surface area contributed by atoms with E-state index < -0.39 is 0 Å². The zero-order valence-electron chi connectivity index (χ0n) is 30.7. The average Bonchev–Trinajstić information content (AvgIpc) is 3.50. The first-order chi connectivity index (χ1) is 27.0. The molecule has 1 aliphatic carbocycles. The lowest BCUT2D eigenvalue weighted by molar-refractivity contribution is 0.660. The van der Waals surface area contributed by atoms with E-state index in [9.17, 15) is 0 Å². The molecule has 1 heterocycles. The van der Waals surface area contributed by atoms with Gasteiger partial charge < -0.3 is 0 Å². The summed E-state index contributed by atoms with van der Waals surface area (Å²) in [5.41, 5.74) is 15.2. The summed E-state index contributed by atoms with van der Waals surface area (Å²) in [5.74, 6) is 1.92. The predicted molar refractivity (Wildman–Crippen MR) is 228 cm³/mol. The molecule has 260 valence electrons. The quantitative estimate of drug-likeness (QED) is 0.173. The highest BCUT2D eigenvalue weighted by atomic mass is 15.0. The van der Waals surface area contributed by atoms with Crippen molar-refractivity contribution < 1.29 is 0 Å². The fraction of sp³-hybridized carbons (Fsp3) is 0.0577. The molecule has 0 saturated heterocycles. The van der Waals surface area contributed by atoms with Crippen LogP contribution in [-0.2, 0) is 5.41 Å². The van der Waals surface area contributed by atoms with Gasteiger partial charge in [-0.3, -0.25) is 0 Å². The second-order valence-electron chi connectivity index (χ2n) is 14.8. The van der Waals surface area contributed by atoms with Crippen LogP contribution in [0.1, 0.15) is 25.0 Å². The first-order valence-corrected chi connectivity index (χ1v) is 18.9. The van der Waals surface area contributed by atoms with Crippen molar-refractivity contribution in [2.75, 3.05) is 0 Å². The molecule has 0 atom stereocenters. The number of nitrogens with zero attached hydrogens (tertiary/aromatic N) is 3. The van der Waals surface area contributed by atoms with Crippen molar-refractivity contribution in [3.8, 4) is 78.7 Å². The highest BCUT2D eigenvalue weighted by Crippen LogP contribution is 2.52. The van der Waals surface area contributed by atoms with Gasteiger partial charge in [-0.25, -0.2) is 15.0 Å². The highest BCUT2D eigenvalue weighted by Gasteiger charge is 2.36. The molecule has 0 amide bonds. The van der Waals surface area contributed by atoms with E-state index in [4.69, 9.17) is 15.0 Å². The van der Waals surface area contributed by atoms with E-state index in [1.165, 1.54) is 49.9 Å². The van der Waals surface area contributed by atoms with Crippen LogP contribution in [0.2, 0.25) is 0 Å². The van der Waals surface area contributed by atoms with Crippen LogP contribution in [-0.4, -0.2) is 15.0 Å². The van der Waals surface area contributed by atoms with E-state index in [-0.39, 0.29) is 5.41 Å². The van der Waals surface area contributed by atoms with Crippen molar-refractivity contribution >= 4 is 10.8 Å². The maximum Gasteiger partial charge on any atom is 0.164 e. The summed E-state index contributed by atoms with van der Waals surface area (Å²) >= 11 is 0. The maximum absolute atomic E-state index is 5.20. The van der Waals surface area contributed by atoms with Crippen LogP contribution >= 0.6 is 0 Å². The van der Waals surface area contributed by atoms with Gasteiger partial charge in [0.25, 0.3) is 0 Å². The van der Waals surface area contributed by atoms with Crippen LogP contribution in [0.5, 0.6) is 0 Å². The Balaban J connectivity index is 1.13. The lowest BCUT2D eigenvalue weighted by Gasteiger charge is -2.21. The van der Waals surface area contributed by atoms with E-state index in [1.807, 2.05) is 12.1 Å². The van der Waals surface area contributed by atoms with Crippen LogP contribution in [0.4, 0.5) is 0 Å². The van der Waals surface area contributed by atoms with Crippen molar-refractivity contribution in [2.45, 2.75) is 19.3 Å².